The molecule has 2 atom stereocenters. The third-order valence-electron chi connectivity index (χ3n) is 5.06. The second-order valence-corrected chi connectivity index (χ2v) is 10.9. The molecule has 0 aliphatic carbocycles. The summed E-state index contributed by atoms with van der Waals surface area (Å²) in [6.07, 6.45) is -2.28. The summed E-state index contributed by atoms with van der Waals surface area (Å²) in [6.45, 7) is -0.903. The van der Waals surface area contributed by atoms with Crippen LogP contribution in [0.4, 0.5) is 5.69 Å². The lowest BCUT2D eigenvalue weighted by Crippen LogP contribution is -2.44. The number of rotatable bonds is 9. The number of aliphatic hydroxyl groups excluding tert-OH is 4. The smallest absolute Gasteiger partial charge is 0.255 e. The van der Waals surface area contributed by atoms with Crippen LogP contribution in [0.15, 0.2) is 0 Å². The minimum absolute atomic E-state index is 0.129. The maximum atomic E-state index is 13.4. The van der Waals surface area contributed by atoms with Crippen LogP contribution >= 0.6 is 67.8 Å². The minimum atomic E-state index is -1.14. The molecule has 0 saturated carbocycles. The number of hydrogen-bond donors (Lipinski definition) is 4. The van der Waals surface area contributed by atoms with Crippen LogP contribution in [0.2, 0.25) is 0 Å². The summed E-state index contributed by atoms with van der Waals surface area (Å²) in [4.78, 5) is 43.5. The monoisotopic (exact) mass is 817 g/mol. The fourth-order valence-corrected chi connectivity index (χ4v) is 7.98. The van der Waals surface area contributed by atoms with E-state index in [9.17, 15) is 24.6 Å². The maximum Gasteiger partial charge on any atom is 0.255 e. The van der Waals surface area contributed by atoms with Gasteiger partial charge in [-0.3, -0.25) is 14.4 Å². The lowest BCUT2D eigenvalue weighted by atomic mass is 10.0. The van der Waals surface area contributed by atoms with E-state index in [1.54, 1.807) is 0 Å². The van der Waals surface area contributed by atoms with Crippen molar-refractivity contribution < 1.29 is 39.5 Å². The number of carbonyl (C=O) groups excluding carboxylic acids is 3. The van der Waals surface area contributed by atoms with E-state index in [1.807, 2.05) is 67.8 Å². The number of anilines is 1. The molecule has 1 fully saturated rings. The highest BCUT2D eigenvalue weighted by Gasteiger charge is 2.35. The number of carbonyl (C=O) groups is 3. The van der Waals surface area contributed by atoms with E-state index in [2.05, 4.69) is 0 Å². The number of hydrogen-bond acceptors (Lipinski definition) is 8. The molecule has 1 aliphatic rings. The lowest BCUT2D eigenvalue weighted by molar-refractivity contribution is -0.125. The van der Waals surface area contributed by atoms with Gasteiger partial charge in [0.05, 0.1) is 56.0 Å². The van der Waals surface area contributed by atoms with Gasteiger partial charge in [0.2, 0.25) is 0 Å². The molecule has 0 radical (unpaired) electrons. The molecular formula is C20H26I3N3O8. The van der Waals surface area contributed by atoms with Gasteiger partial charge in [-0.25, -0.2) is 0 Å². The summed E-state index contributed by atoms with van der Waals surface area (Å²) >= 11 is 5.87. The van der Waals surface area contributed by atoms with E-state index in [4.69, 9.17) is 14.9 Å². The molecule has 14 heteroatoms. The van der Waals surface area contributed by atoms with Crippen molar-refractivity contribution in [2.45, 2.75) is 12.2 Å². The molecule has 34 heavy (non-hydrogen) atoms. The number of amides is 3. The summed E-state index contributed by atoms with van der Waals surface area (Å²) in [7, 11) is 2.94. The molecule has 1 aliphatic heterocycles. The zero-order valence-electron chi connectivity index (χ0n) is 18.5. The Hall–Kier alpha value is -0.380. The highest BCUT2D eigenvalue weighted by atomic mass is 127. The molecular weight excluding hydrogens is 791 g/mol. The summed E-state index contributed by atoms with van der Waals surface area (Å²) in [5, 5.41) is 37.9. The van der Waals surface area contributed by atoms with Gasteiger partial charge in [-0.05, 0) is 67.8 Å². The number of halogens is 3. The molecule has 190 valence electrons. The van der Waals surface area contributed by atoms with E-state index >= 15 is 0 Å². The van der Waals surface area contributed by atoms with Crippen molar-refractivity contribution in [2.24, 2.45) is 0 Å². The molecule has 4 N–H and O–H groups in total. The van der Waals surface area contributed by atoms with Crippen LogP contribution in [0.5, 0.6) is 0 Å². The van der Waals surface area contributed by atoms with E-state index < -0.39 is 37.2 Å². The number of ether oxygens (including phenoxy) is 1. The van der Waals surface area contributed by atoms with Crippen molar-refractivity contribution in [3.8, 4) is 0 Å². The zero-order valence-corrected chi connectivity index (χ0v) is 25.0. The second-order valence-electron chi connectivity index (χ2n) is 7.68. The highest BCUT2D eigenvalue weighted by molar-refractivity contribution is 14.1. The van der Waals surface area contributed by atoms with Gasteiger partial charge >= 0.3 is 0 Å². The van der Waals surface area contributed by atoms with Gasteiger partial charge in [0.15, 0.2) is 0 Å². The van der Waals surface area contributed by atoms with Gasteiger partial charge in [-0.15, -0.1) is 0 Å². The SMILES string of the molecule is CN(CC(O)CO)C(=O)c1c(I)c(C(=O)N(C)CC(O)CO)c(I)c(N2CCOCC2=O)c1I. The van der Waals surface area contributed by atoms with Gasteiger partial charge in [0, 0.05) is 37.3 Å². The Kier molecular flexibility index (Phi) is 11.6. The Labute approximate surface area is 237 Å². The van der Waals surface area contributed by atoms with Gasteiger partial charge in [0.1, 0.15) is 6.61 Å². The van der Waals surface area contributed by atoms with Gasteiger partial charge in [0.25, 0.3) is 17.7 Å². The number of likely N-dealkylation sites (N-methyl/N-ethyl adjacent to an activating group) is 2. The largest absolute Gasteiger partial charge is 0.394 e. The topological polar surface area (TPSA) is 151 Å². The number of morpholine rings is 1. The normalized spacial score (nSPS) is 15.8. The Morgan fingerprint density at radius 3 is 1.76 bits per heavy atom. The van der Waals surface area contributed by atoms with Gasteiger partial charge < -0.3 is 39.9 Å². The van der Waals surface area contributed by atoms with Crippen LogP contribution in [-0.2, 0) is 9.53 Å². The standard InChI is InChI=1S/C20H26I3N3O8/c1-24(5-10(29)7-27)19(32)13-15(21)14(20(33)25(2)6-11(30)8-28)17(23)18(16(13)22)26-3-4-34-9-12(26)31/h10-11,27-30H,3-9H2,1-2H3. The summed E-state index contributed by atoms with van der Waals surface area (Å²) in [5.41, 5.74) is 0.778. The Bertz CT molecular complexity index is 891. The predicted octanol–water partition coefficient (Wildman–Crippen LogP) is -0.286. The molecule has 0 bridgehead atoms. The fourth-order valence-electron chi connectivity index (χ4n) is 3.31. The third-order valence-corrected chi connectivity index (χ3v) is 8.24. The Morgan fingerprint density at radius 2 is 1.38 bits per heavy atom. The first kappa shape index (κ1) is 29.8. The number of benzene rings is 1. The van der Waals surface area contributed by atoms with Crippen molar-refractivity contribution in [3.63, 3.8) is 0 Å². The van der Waals surface area contributed by atoms with Crippen LogP contribution in [0.25, 0.3) is 0 Å². The highest BCUT2D eigenvalue weighted by Crippen LogP contribution is 2.39. The molecule has 11 nitrogen and oxygen atoms in total. The average Bonchev–Trinajstić information content (AvgIpc) is 2.79. The molecule has 1 heterocycles. The lowest BCUT2D eigenvalue weighted by Gasteiger charge is -2.32. The molecule has 3 amide bonds. The van der Waals surface area contributed by atoms with Crippen molar-refractivity contribution in [2.75, 3.05) is 65.1 Å². The first-order valence-corrected chi connectivity index (χ1v) is 13.4. The maximum absolute atomic E-state index is 13.4. The van der Waals surface area contributed by atoms with Gasteiger partial charge in [-0.1, -0.05) is 0 Å². The molecule has 2 rings (SSSR count). The summed E-state index contributed by atoms with van der Waals surface area (Å²) in [6, 6.07) is 0. The summed E-state index contributed by atoms with van der Waals surface area (Å²) < 4.78 is 6.51. The zero-order chi connectivity index (χ0) is 25.7. The number of aliphatic hydroxyl groups is 4. The van der Waals surface area contributed by atoms with Crippen molar-refractivity contribution in [1.82, 2.24) is 9.80 Å². The van der Waals surface area contributed by atoms with E-state index in [-0.39, 0.29) is 43.3 Å². The van der Waals surface area contributed by atoms with Gasteiger partial charge in [-0.2, -0.15) is 0 Å². The van der Waals surface area contributed by atoms with E-state index in [0.717, 1.165) is 0 Å². The van der Waals surface area contributed by atoms with Crippen LogP contribution in [0, 0.1) is 10.7 Å². The van der Waals surface area contributed by atoms with Crippen LogP contribution in [-0.4, -0.2) is 120 Å². The van der Waals surface area contributed by atoms with Crippen LogP contribution in [0.3, 0.4) is 0 Å². The summed E-state index contributed by atoms with van der Waals surface area (Å²) in [5.74, 6) is -1.30. The average molecular weight is 817 g/mol. The van der Waals surface area contributed by atoms with Crippen LogP contribution in [0.1, 0.15) is 20.7 Å². The molecule has 0 aromatic heterocycles. The number of nitrogens with zero attached hydrogens (tertiary/aromatic N) is 3. The van der Waals surface area contributed by atoms with Crippen molar-refractivity contribution in [1.29, 1.82) is 0 Å². The third kappa shape index (κ3) is 6.68. The van der Waals surface area contributed by atoms with E-state index in [1.165, 1.54) is 28.8 Å². The Morgan fingerprint density at radius 1 is 0.941 bits per heavy atom. The molecule has 1 aromatic rings. The second kappa shape index (κ2) is 13.2. The molecule has 0 spiro atoms. The van der Waals surface area contributed by atoms with Crippen molar-refractivity contribution in [3.05, 3.63) is 21.8 Å². The fraction of sp³-hybridized carbons (Fsp3) is 0.550. The molecule has 1 aromatic carbocycles. The Balaban J connectivity index is 2.70. The van der Waals surface area contributed by atoms with Crippen LogP contribution < -0.4 is 4.90 Å². The minimum Gasteiger partial charge on any atom is -0.394 e. The van der Waals surface area contributed by atoms with Crippen molar-refractivity contribution >= 4 is 91.2 Å². The first-order chi connectivity index (χ1) is 16.0. The quantitative estimate of drug-likeness (QED) is 0.249. The predicted molar refractivity (Wildman–Crippen MR) is 148 cm³/mol. The molecule has 1 saturated heterocycles. The molecule has 2 unspecified atom stereocenters. The first-order valence-electron chi connectivity index (χ1n) is 10.1. The van der Waals surface area contributed by atoms with E-state index in [0.29, 0.717) is 23.0 Å².